The molecule has 1 rings (SSSR count). The van der Waals surface area contributed by atoms with Gasteiger partial charge in [-0.25, -0.2) is 0 Å². The Bertz CT molecular complexity index is 256. The highest BCUT2D eigenvalue weighted by atomic mass is 35.5. The molecule has 2 heteroatoms. The second-order valence-corrected chi connectivity index (χ2v) is 3.20. The lowest BCUT2D eigenvalue weighted by molar-refractivity contribution is 0.474. The van der Waals surface area contributed by atoms with Crippen LogP contribution in [0.15, 0.2) is 18.2 Å². The van der Waals surface area contributed by atoms with Gasteiger partial charge in [0.15, 0.2) is 0 Å². The van der Waals surface area contributed by atoms with Crippen LogP contribution in [0, 0.1) is 6.92 Å². The van der Waals surface area contributed by atoms with E-state index in [9.17, 15) is 5.11 Å². The Kier molecular flexibility index (Phi) is 4.11. The summed E-state index contributed by atoms with van der Waals surface area (Å²) in [4.78, 5) is 0. The summed E-state index contributed by atoms with van der Waals surface area (Å²) in [5, 5.41) is 9.19. The first-order chi connectivity index (χ1) is 5.11. The first-order valence-corrected chi connectivity index (χ1v) is 3.91. The van der Waals surface area contributed by atoms with E-state index in [1.165, 1.54) is 11.1 Å². The Morgan fingerprint density at radius 3 is 2.25 bits per heavy atom. The van der Waals surface area contributed by atoms with Crippen molar-refractivity contribution in [2.75, 3.05) is 0 Å². The fourth-order valence-electron chi connectivity index (χ4n) is 1.25. The van der Waals surface area contributed by atoms with Gasteiger partial charge in [-0.3, -0.25) is 0 Å². The van der Waals surface area contributed by atoms with E-state index in [-0.39, 0.29) is 12.4 Å². The van der Waals surface area contributed by atoms with Crippen LogP contribution in [0.25, 0.3) is 0 Å². The van der Waals surface area contributed by atoms with E-state index in [4.69, 9.17) is 0 Å². The quantitative estimate of drug-likeness (QED) is 0.714. The Labute approximate surface area is 79.8 Å². The molecular formula is C10H15ClO. The predicted octanol–water partition coefficient (Wildman–Crippen LogP) is 3.25. The zero-order valence-electron chi connectivity index (χ0n) is 7.66. The second-order valence-electron chi connectivity index (χ2n) is 3.20. The third-order valence-electron chi connectivity index (χ3n) is 1.88. The summed E-state index contributed by atoms with van der Waals surface area (Å²) in [6.07, 6.45) is 0. The fraction of sp³-hybridized carbons (Fsp3) is 0.400. The maximum absolute atomic E-state index is 9.19. The van der Waals surface area contributed by atoms with Crippen molar-refractivity contribution in [1.29, 1.82) is 0 Å². The van der Waals surface area contributed by atoms with Crippen molar-refractivity contribution in [3.63, 3.8) is 0 Å². The summed E-state index contributed by atoms with van der Waals surface area (Å²) < 4.78 is 0. The topological polar surface area (TPSA) is 20.2 Å². The van der Waals surface area contributed by atoms with Crippen molar-refractivity contribution in [3.8, 4) is 5.75 Å². The molecule has 1 nitrogen and oxygen atoms in total. The van der Waals surface area contributed by atoms with Crippen LogP contribution in [0.1, 0.15) is 30.9 Å². The van der Waals surface area contributed by atoms with Crippen LogP contribution in [-0.2, 0) is 0 Å². The smallest absolute Gasteiger partial charge is 0.115 e. The number of phenols is 1. The minimum absolute atomic E-state index is 0. The van der Waals surface area contributed by atoms with Crippen LogP contribution in [0.5, 0.6) is 5.75 Å². The molecule has 0 unspecified atom stereocenters. The number of aryl methyl sites for hydroxylation is 1. The number of phenolic OH excluding ortho intramolecular Hbond substituents is 1. The highest BCUT2D eigenvalue weighted by molar-refractivity contribution is 5.85. The molecule has 0 fully saturated rings. The molecular weight excluding hydrogens is 172 g/mol. The van der Waals surface area contributed by atoms with Crippen LogP contribution in [0.2, 0.25) is 0 Å². The van der Waals surface area contributed by atoms with Gasteiger partial charge in [-0.05, 0) is 36.1 Å². The van der Waals surface area contributed by atoms with Crippen molar-refractivity contribution in [2.45, 2.75) is 26.7 Å². The number of halogens is 1. The normalized spacial score (nSPS) is 9.67. The molecule has 0 aliphatic rings. The molecule has 0 aliphatic carbocycles. The van der Waals surface area contributed by atoms with E-state index >= 15 is 0 Å². The van der Waals surface area contributed by atoms with Gasteiger partial charge in [0.25, 0.3) is 0 Å². The zero-order chi connectivity index (χ0) is 8.43. The van der Waals surface area contributed by atoms with E-state index in [0.717, 1.165) is 0 Å². The number of hydrogen-bond acceptors (Lipinski definition) is 1. The lowest BCUT2D eigenvalue weighted by Crippen LogP contribution is -1.90. The van der Waals surface area contributed by atoms with Crippen molar-refractivity contribution in [1.82, 2.24) is 0 Å². The SMILES string of the molecule is Cc1ccc(O)cc1C(C)C.Cl. The molecule has 0 amide bonds. The standard InChI is InChI=1S/C10H14O.ClH/c1-7(2)10-6-9(11)5-4-8(10)3;/h4-7,11H,1-3H3;1H. The highest BCUT2D eigenvalue weighted by Gasteiger charge is 2.02. The van der Waals surface area contributed by atoms with E-state index in [2.05, 4.69) is 20.8 Å². The van der Waals surface area contributed by atoms with E-state index in [1.807, 2.05) is 12.1 Å². The van der Waals surface area contributed by atoms with E-state index in [1.54, 1.807) is 6.07 Å². The molecule has 0 saturated carbocycles. The molecule has 0 heterocycles. The molecule has 1 N–H and O–H groups in total. The van der Waals surface area contributed by atoms with Crippen LogP contribution in [0.3, 0.4) is 0 Å². The van der Waals surface area contributed by atoms with E-state index < -0.39 is 0 Å². The summed E-state index contributed by atoms with van der Waals surface area (Å²) in [5.41, 5.74) is 2.47. The second kappa shape index (κ2) is 4.36. The van der Waals surface area contributed by atoms with Gasteiger partial charge < -0.3 is 5.11 Å². The maximum atomic E-state index is 9.19. The maximum Gasteiger partial charge on any atom is 0.115 e. The minimum atomic E-state index is 0. The molecule has 0 atom stereocenters. The Morgan fingerprint density at radius 2 is 1.83 bits per heavy atom. The third-order valence-corrected chi connectivity index (χ3v) is 1.88. The zero-order valence-corrected chi connectivity index (χ0v) is 8.48. The lowest BCUT2D eigenvalue weighted by atomic mass is 9.98. The summed E-state index contributed by atoms with van der Waals surface area (Å²) in [5.74, 6) is 0.849. The third kappa shape index (κ3) is 2.42. The number of benzene rings is 1. The van der Waals surface area contributed by atoms with Gasteiger partial charge in [0.05, 0.1) is 0 Å². The molecule has 68 valence electrons. The Morgan fingerprint density at radius 1 is 1.25 bits per heavy atom. The molecule has 12 heavy (non-hydrogen) atoms. The molecule has 0 bridgehead atoms. The van der Waals surface area contributed by atoms with Crippen LogP contribution in [0.4, 0.5) is 0 Å². The Hall–Kier alpha value is -0.690. The first-order valence-electron chi connectivity index (χ1n) is 3.91. The van der Waals surface area contributed by atoms with Crippen molar-refractivity contribution < 1.29 is 5.11 Å². The van der Waals surface area contributed by atoms with Gasteiger partial charge in [0, 0.05) is 0 Å². The largest absolute Gasteiger partial charge is 0.508 e. The van der Waals surface area contributed by atoms with Crippen LogP contribution < -0.4 is 0 Å². The monoisotopic (exact) mass is 186 g/mol. The summed E-state index contributed by atoms with van der Waals surface area (Å²) in [6.45, 7) is 6.32. The highest BCUT2D eigenvalue weighted by Crippen LogP contribution is 2.22. The molecule has 0 radical (unpaired) electrons. The van der Waals surface area contributed by atoms with Gasteiger partial charge in [0.2, 0.25) is 0 Å². The van der Waals surface area contributed by atoms with Crippen molar-refractivity contribution >= 4 is 12.4 Å². The number of rotatable bonds is 1. The molecule has 1 aromatic rings. The molecule has 0 aliphatic heterocycles. The Balaban J connectivity index is 0.00000121. The molecule has 0 saturated heterocycles. The average molecular weight is 187 g/mol. The van der Waals surface area contributed by atoms with Gasteiger partial charge in [0.1, 0.15) is 5.75 Å². The fourth-order valence-corrected chi connectivity index (χ4v) is 1.25. The molecule has 1 aromatic carbocycles. The predicted molar refractivity (Wildman–Crippen MR) is 54.2 cm³/mol. The van der Waals surface area contributed by atoms with Gasteiger partial charge in [-0.1, -0.05) is 19.9 Å². The summed E-state index contributed by atoms with van der Waals surface area (Å²) in [7, 11) is 0. The lowest BCUT2D eigenvalue weighted by Gasteiger charge is -2.08. The van der Waals surface area contributed by atoms with E-state index in [0.29, 0.717) is 11.7 Å². The first kappa shape index (κ1) is 11.3. The minimum Gasteiger partial charge on any atom is -0.508 e. The summed E-state index contributed by atoms with van der Waals surface area (Å²) >= 11 is 0. The van der Waals surface area contributed by atoms with Gasteiger partial charge in [-0.15, -0.1) is 12.4 Å². The van der Waals surface area contributed by atoms with Gasteiger partial charge >= 0.3 is 0 Å². The van der Waals surface area contributed by atoms with Crippen LogP contribution >= 0.6 is 12.4 Å². The average Bonchev–Trinajstić information content (AvgIpc) is 1.94. The summed E-state index contributed by atoms with van der Waals surface area (Å²) in [6, 6.07) is 5.51. The van der Waals surface area contributed by atoms with Crippen molar-refractivity contribution in [2.24, 2.45) is 0 Å². The van der Waals surface area contributed by atoms with Gasteiger partial charge in [-0.2, -0.15) is 0 Å². The number of hydrogen-bond donors (Lipinski definition) is 1. The van der Waals surface area contributed by atoms with Crippen LogP contribution in [-0.4, -0.2) is 5.11 Å². The molecule has 0 aromatic heterocycles. The molecule has 0 spiro atoms. The van der Waals surface area contributed by atoms with Crippen molar-refractivity contribution in [3.05, 3.63) is 29.3 Å². The number of aromatic hydroxyl groups is 1.